The van der Waals surface area contributed by atoms with Gasteiger partial charge in [-0.25, -0.2) is 8.93 Å². The number of nitrogens with one attached hydrogen (secondary N) is 1. The molecule has 8 heteroatoms. The van der Waals surface area contributed by atoms with Gasteiger partial charge in [-0.3, -0.25) is 4.79 Å². The van der Waals surface area contributed by atoms with Gasteiger partial charge in [0, 0.05) is 0 Å². The first-order valence-corrected chi connectivity index (χ1v) is 11.9. The Bertz CT molecular complexity index is 491. The quantitative estimate of drug-likeness (QED) is 0.268. The molecule has 0 aliphatic heterocycles. The maximum atomic E-state index is 13.8. The molecule has 0 aliphatic rings. The summed E-state index contributed by atoms with van der Waals surface area (Å²) in [5.74, 6) is -2.25. The summed E-state index contributed by atoms with van der Waals surface area (Å²) in [4.78, 5) is 12.5. The first-order valence-electron chi connectivity index (χ1n) is 10.7. The van der Waals surface area contributed by atoms with E-state index in [9.17, 15) is 22.2 Å². The van der Waals surface area contributed by atoms with E-state index in [1.807, 2.05) is 13.8 Å². The van der Waals surface area contributed by atoms with Gasteiger partial charge in [0.05, 0.1) is 28.3 Å². The van der Waals surface area contributed by atoms with Crippen molar-refractivity contribution >= 4 is 17.0 Å². The monoisotopic (exact) mass is 443 g/mol. The van der Waals surface area contributed by atoms with Gasteiger partial charge in [0.2, 0.25) is 0 Å². The van der Waals surface area contributed by atoms with Crippen LogP contribution in [0.15, 0.2) is 0 Å². The van der Waals surface area contributed by atoms with E-state index >= 15 is 0 Å². The number of hydrogen-bond donors (Lipinski definition) is 1. The van der Waals surface area contributed by atoms with Crippen molar-refractivity contribution in [3.05, 3.63) is 0 Å². The Hall–Kier alpha value is -0.630. The molecule has 4 nitrogen and oxygen atoms in total. The fourth-order valence-corrected chi connectivity index (χ4v) is 3.65. The van der Waals surface area contributed by atoms with Crippen molar-refractivity contribution in [3.63, 3.8) is 0 Å². The van der Waals surface area contributed by atoms with E-state index in [0.29, 0.717) is 6.42 Å². The smallest absolute Gasteiger partial charge is 0.405 e. The van der Waals surface area contributed by atoms with E-state index in [4.69, 9.17) is 4.74 Å². The van der Waals surface area contributed by atoms with Crippen LogP contribution in [0.3, 0.4) is 0 Å². The van der Waals surface area contributed by atoms with Gasteiger partial charge in [-0.05, 0) is 33.1 Å². The molecule has 0 amide bonds. The molecule has 29 heavy (non-hydrogen) atoms. The van der Waals surface area contributed by atoms with Crippen LogP contribution in [0.25, 0.3) is 0 Å². The van der Waals surface area contributed by atoms with Crippen LogP contribution in [-0.4, -0.2) is 33.8 Å². The zero-order valence-corrected chi connectivity index (χ0v) is 19.7. The van der Waals surface area contributed by atoms with Crippen molar-refractivity contribution < 1.29 is 26.9 Å². The van der Waals surface area contributed by atoms with Gasteiger partial charge in [-0.1, -0.05) is 65.7 Å². The Morgan fingerprint density at radius 1 is 1.00 bits per heavy atom. The number of carbonyl (C=O) groups is 1. The molecule has 0 rings (SSSR count). The molecule has 0 saturated carbocycles. The van der Waals surface area contributed by atoms with Crippen LogP contribution < -0.4 is 4.72 Å². The molecule has 0 fully saturated rings. The second kappa shape index (κ2) is 13.6. The lowest BCUT2D eigenvalue weighted by atomic mass is 9.93. The Kier molecular flexibility index (Phi) is 13.3. The standard InChI is InChI=1S/C21H40F3NO3S/c1-7-8-9-10-11-12-13-14-17(19(26)28-15-16(2)3)18(21(22,23)24)25-29(27)20(4,5)6/h16-18,25H,7-15H2,1-6H3/t17-,18-,29-/m0/s1. The van der Waals surface area contributed by atoms with E-state index in [1.165, 1.54) is 0 Å². The number of halogens is 3. The predicted molar refractivity (Wildman–Crippen MR) is 113 cm³/mol. The number of esters is 1. The van der Waals surface area contributed by atoms with E-state index in [1.54, 1.807) is 20.8 Å². The molecular weight excluding hydrogens is 403 g/mol. The molecule has 0 unspecified atom stereocenters. The average Bonchev–Trinajstić information content (AvgIpc) is 2.58. The van der Waals surface area contributed by atoms with E-state index in [-0.39, 0.29) is 18.9 Å². The number of rotatable bonds is 14. The Balaban J connectivity index is 5.21. The summed E-state index contributed by atoms with van der Waals surface area (Å²) in [6.45, 7) is 10.6. The van der Waals surface area contributed by atoms with Crippen LogP contribution in [0, 0.1) is 11.8 Å². The van der Waals surface area contributed by atoms with Crippen molar-refractivity contribution in [2.75, 3.05) is 6.61 Å². The van der Waals surface area contributed by atoms with Crippen LogP contribution in [-0.2, 0) is 20.5 Å². The molecule has 0 bridgehead atoms. The largest absolute Gasteiger partial charge is 0.465 e. The Morgan fingerprint density at radius 2 is 1.52 bits per heavy atom. The molecule has 0 spiro atoms. The summed E-state index contributed by atoms with van der Waals surface area (Å²) in [7, 11) is -1.95. The number of alkyl halides is 3. The van der Waals surface area contributed by atoms with Gasteiger partial charge in [-0.2, -0.15) is 13.2 Å². The van der Waals surface area contributed by atoms with Gasteiger partial charge in [0.25, 0.3) is 0 Å². The second-order valence-electron chi connectivity index (χ2n) is 9.06. The predicted octanol–water partition coefficient (Wildman–Crippen LogP) is 5.93. The van der Waals surface area contributed by atoms with Gasteiger partial charge in [0.1, 0.15) is 6.04 Å². The van der Waals surface area contributed by atoms with Crippen LogP contribution in [0.1, 0.15) is 92.9 Å². The molecule has 0 aromatic heterocycles. The van der Waals surface area contributed by atoms with E-state index in [2.05, 4.69) is 11.6 Å². The molecular formula is C21H40F3NO3S. The second-order valence-corrected chi connectivity index (χ2v) is 11.1. The summed E-state index contributed by atoms with van der Waals surface area (Å²) >= 11 is 0. The average molecular weight is 444 g/mol. The third-order valence-electron chi connectivity index (χ3n) is 4.53. The topological polar surface area (TPSA) is 55.4 Å². The molecule has 0 saturated heterocycles. The zero-order chi connectivity index (χ0) is 22.7. The molecule has 1 N–H and O–H groups in total. The molecule has 0 aliphatic carbocycles. The first-order chi connectivity index (χ1) is 13.3. The van der Waals surface area contributed by atoms with Crippen molar-refractivity contribution in [2.24, 2.45) is 11.8 Å². The summed E-state index contributed by atoms with van der Waals surface area (Å²) < 4.78 is 60.1. The number of ether oxygens (including phenoxy) is 1. The molecule has 0 aromatic rings. The lowest BCUT2D eigenvalue weighted by Crippen LogP contribution is -2.53. The minimum Gasteiger partial charge on any atom is -0.465 e. The number of hydrogen-bond acceptors (Lipinski definition) is 3. The van der Waals surface area contributed by atoms with Crippen molar-refractivity contribution in [1.29, 1.82) is 0 Å². The van der Waals surface area contributed by atoms with Gasteiger partial charge < -0.3 is 4.74 Å². The van der Waals surface area contributed by atoms with Gasteiger partial charge in [-0.15, -0.1) is 0 Å². The van der Waals surface area contributed by atoms with Crippen LogP contribution in [0.2, 0.25) is 0 Å². The van der Waals surface area contributed by atoms with Crippen LogP contribution in [0.4, 0.5) is 13.2 Å². The zero-order valence-electron chi connectivity index (χ0n) is 18.9. The highest BCUT2D eigenvalue weighted by Gasteiger charge is 2.49. The fraction of sp³-hybridized carbons (Fsp3) is 0.952. The van der Waals surface area contributed by atoms with Gasteiger partial charge >= 0.3 is 12.1 Å². The first kappa shape index (κ1) is 28.4. The maximum Gasteiger partial charge on any atom is 0.405 e. The number of unbranched alkanes of at least 4 members (excludes halogenated alkanes) is 6. The molecule has 174 valence electrons. The summed E-state index contributed by atoms with van der Waals surface area (Å²) in [6.07, 6.45) is 2.02. The molecule has 0 aromatic carbocycles. The van der Waals surface area contributed by atoms with Crippen molar-refractivity contribution in [2.45, 2.75) is 110 Å². The molecule has 3 atom stereocenters. The maximum absolute atomic E-state index is 13.8. The lowest BCUT2D eigenvalue weighted by Gasteiger charge is -2.31. The van der Waals surface area contributed by atoms with Gasteiger partial charge in [0.15, 0.2) is 0 Å². The van der Waals surface area contributed by atoms with Crippen LogP contribution in [0.5, 0.6) is 0 Å². The van der Waals surface area contributed by atoms with Crippen molar-refractivity contribution in [1.82, 2.24) is 4.72 Å². The van der Waals surface area contributed by atoms with Crippen molar-refractivity contribution in [3.8, 4) is 0 Å². The SMILES string of the molecule is CCCCCCCCC[C@H](C(=O)OCC(C)C)[C@H](N[S@@](=O)C(C)(C)C)C(F)(F)F. The highest BCUT2D eigenvalue weighted by atomic mass is 32.2. The Labute approximate surface area is 177 Å². The summed E-state index contributed by atoms with van der Waals surface area (Å²) in [5.41, 5.74) is 0. The van der Waals surface area contributed by atoms with E-state index in [0.717, 1.165) is 38.5 Å². The Morgan fingerprint density at radius 3 is 1.97 bits per heavy atom. The lowest BCUT2D eigenvalue weighted by molar-refractivity contribution is -0.180. The highest BCUT2D eigenvalue weighted by molar-refractivity contribution is 7.84. The third kappa shape index (κ3) is 12.6. The minimum absolute atomic E-state index is 0.0270. The molecule has 0 heterocycles. The summed E-state index contributed by atoms with van der Waals surface area (Å²) in [5, 5.41) is 0. The summed E-state index contributed by atoms with van der Waals surface area (Å²) in [6, 6.07) is -2.19. The van der Waals surface area contributed by atoms with E-state index < -0.39 is 39.8 Å². The normalized spacial score (nSPS) is 15.9. The third-order valence-corrected chi connectivity index (χ3v) is 6.11. The number of carbonyl (C=O) groups excluding carboxylic acids is 1. The fourth-order valence-electron chi connectivity index (χ4n) is 2.77. The minimum atomic E-state index is -4.70. The molecule has 0 radical (unpaired) electrons. The van der Waals surface area contributed by atoms with Crippen LogP contribution >= 0.6 is 0 Å². The highest BCUT2D eigenvalue weighted by Crippen LogP contribution is 2.31.